The highest BCUT2D eigenvalue weighted by atomic mass is 19.3. The molecule has 4 aliphatic rings. The van der Waals surface area contributed by atoms with Crippen LogP contribution in [0.5, 0.6) is 0 Å². The smallest absolute Gasteiger partial charge is 0.271 e. The summed E-state index contributed by atoms with van der Waals surface area (Å²) in [5.74, 6) is -11.6. The Labute approximate surface area is 213 Å². The molecule has 38 heavy (non-hydrogen) atoms. The van der Waals surface area contributed by atoms with Gasteiger partial charge in [-0.25, -0.2) is 22.0 Å². The standard InChI is InChI=1S/C25H24F5N5O3/c26-16-8-17(27)19(28)20-14(16)7-18(34-20)24(38)35-13-3-4-15(25(29,30)9-13)21(35)23(37)33-12(10-31)6-11-2-1-5-32-22(11)36/h7-8,11-13,15,21,34H,1-6,9H2,(H,32,36)(H,33,37)/t11-,12-,13-,15-,21+/m0/s1. The number of nitriles is 1. The minimum Gasteiger partial charge on any atom is -0.356 e. The number of piperidine rings is 3. The Kier molecular flexibility index (Phi) is 6.53. The van der Waals surface area contributed by atoms with Crippen LogP contribution in [0.3, 0.4) is 0 Å². The minimum atomic E-state index is -3.27. The van der Waals surface area contributed by atoms with Crippen LogP contribution in [-0.4, -0.2) is 58.2 Å². The van der Waals surface area contributed by atoms with Crippen LogP contribution in [0, 0.1) is 40.6 Å². The number of H-pyrrole nitrogens is 1. The zero-order valence-corrected chi connectivity index (χ0v) is 20.0. The molecule has 1 saturated carbocycles. The Hall–Kier alpha value is -3.69. The first-order chi connectivity index (χ1) is 18.0. The maximum Gasteiger partial charge on any atom is 0.271 e. The van der Waals surface area contributed by atoms with Gasteiger partial charge < -0.3 is 20.5 Å². The van der Waals surface area contributed by atoms with E-state index in [1.165, 1.54) is 0 Å². The van der Waals surface area contributed by atoms with Crippen LogP contribution in [-0.2, 0) is 9.59 Å². The molecule has 0 unspecified atom stereocenters. The molecule has 1 aromatic heterocycles. The summed E-state index contributed by atoms with van der Waals surface area (Å²) >= 11 is 0. The number of hydrogen-bond donors (Lipinski definition) is 3. The molecule has 202 valence electrons. The van der Waals surface area contributed by atoms with Gasteiger partial charge in [-0.3, -0.25) is 14.4 Å². The number of alkyl halides is 2. The number of carbonyl (C=O) groups excluding carboxylic acids is 3. The maximum atomic E-state index is 14.9. The molecule has 3 saturated heterocycles. The first-order valence-electron chi connectivity index (χ1n) is 12.4. The fraction of sp³-hybridized carbons (Fsp3) is 0.520. The number of nitrogens with one attached hydrogen (secondary N) is 3. The third-order valence-corrected chi connectivity index (χ3v) is 7.82. The Bertz CT molecular complexity index is 1360. The van der Waals surface area contributed by atoms with E-state index in [2.05, 4.69) is 15.6 Å². The number of fused-ring (bicyclic) bond motifs is 4. The molecule has 1 aliphatic carbocycles. The van der Waals surface area contributed by atoms with Gasteiger partial charge in [-0.1, -0.05) is 0 Å². The molecule has 3 amide bonds. The van der Waals surface area contributed by atoms with Gasteiger partial charge in [-0.15, -0.1) is 0 Å². The SMILES string of the molecule is N#C[C@H](C[C@@H]1CCCNC1=O)NC(=O)[C@H]1[C@@H]2CC[C@@H](CC2(F)F)N1C(=O)c1cc2c(F)cc(F)c(F)c2[nH]1. The fourth-order valence-electron chi connectivity index (χ4n) is 5.99. The number of nitrogens with zero attached hydrogens (tertiary/aromatic N) is 2. The van der Waals surface area contributed by atoms with Crippen molar-refractivity contribution in [2.75, 3.05) is 6.54 Å². The van der Waals surface area contributed by atoms with Gasteiger partial charge in [0.25, 0.3) is 11.8 Å². The molecule has 1 aromatic carbocycles. The molecule has 2 aromatic rings. The molecule has 4 fully saturated rings. The van der Waals surface area contributed by atoms with E-state index in [0.29, 0.717) is 25.5 Å². The normalized spacial score (nSPS) is 27.1. The van der Waals surface area contributed by atoms with E-state index >= 15 is 0 Å². The summed E-state index contributed by atoms with van der Waals surface area (Å²) < 4.78 is 72.0. The van der Waals surface area contributed by atoms with Crippen molar-refractivity contribution in [2.45, 2.75) is 62.6 Å². The Balaban J connectivity index is 1.44. The van der Waals surface area contributed by atoms with Crippen molar-refractivity contribution >= 4 is 28.6 Å². The van der Waals surface area contributed by atoms with Gasteiger partial charge in [0.1, 0.15) is 23.6 Å². The first kappa shape index (κ1) is 25.9. The van der Waals surface area contributed by atoms with Gasteiger partial charge in [0.15, 0.2) is 11.6 Å². The number of halogens is 5. The van der Waals surface area contributed by atoms with Crippen molar-refractivity contribution in [3.63, 3.8) is 0 Å². The molecule has 3 N–H and O–H groups in total. The van der Waals surface area contributed by atoms with Crippen LogP contribution < -0.4 is 10.6 Å². The van der Waals surface area contributed by atoms with E-state index in [1.54, 1.807) is 0 Å². The molecule has 3 aliphatic heterocycles. The van der Waals surface area contributed by atoms with E-state index < -0.39 is 88.2 Å². The average molecular weight is 537 g/mol. The third kappa shape index (κ3) is 4.35. The van der Waals surface area contributed by atoms with Gasteiger partial charge in [-0.05, 0) is 38.2 Å². The Morgan fingerprint density at radius 2 is 1.95 bits per heavy atom. The lowest BCUT2D eigenvalue weighted by Crippen LogP contribution is -2.68. The number of aromatic nitrogens is 1. The molecule has 8 nitrogen and oxygen atoms in total. The van der Waals surface area contributed by atoms with Crippen LogP contribution in [0.2, 0.25) is 0 Å². The Morgan fingerprint density at radius 3 is 2.63 bits per heavy atom. The van der Waals surface area contributed by atoms with E-state index in [4.69, 9.17) is 0 Å². The summed E-state index contributed by atoms with van der Waals surface area (Å²) in [7, 11) is 0. The highest BCUT2D eigenvalue weighted by Gasteiger charge is 2.60. The van der Waals surface area contributed by atoms with Crippen LogP contribution in [0.15, 0.2) is 12.1 Å². The summed E-state index contributed by atoms with van der Waals surface area (Å²) in [6.07, 6.45) is 0.601. The topological polar surface area (TPSA) is 118 Å². The lowest BCUT2D eigenvalue weighted by molar-refractivity contribution is -0.179. The molecule has 4 heterocycles. The summed E-state index contributed by atoms with van der Waals surface area (Å²) in [5.41, 5.74) is -0.998. The highest BCUT2D eigenvalue weighted by molar-refractivity contribution is 6.01. The van der Waals surface area contributed by atoms with Gasteiger partial charge in [0.05, 0.1) is 17.5 Å². The van der Waals surface area contributed by atoms with Crippen molar-refractivity contribution in [2.24, 2.45) is 11.8 Å². The zero-order chi connectivity index (χ0) is 27.4. The highest BCUT2D eigenvalue weighted by Crippen LogP contribution is 2.49. The number of rotatable bonds is 5. The number of benzene rings is 1. The first-order valence-corrected chi connectivity index (χ1v) is 12.4. The summed E-state index contributed by atoms with van der Waals surface area (Å²) in [5, 5.41) is 14.3. The molecule has 2 bridgehead atoms. The monoisotopic (exact) mass is 537 g/mol. The summed E-state index contributed by atoms with van der Waals surface area (Å²) in [6, 6.07) is -0.723. The number of carbonyl (C=O) groups is 3. The Morgan fingerprint density at radius 1 is 1.18 bits per heavy atom. The van der Waals surface area contributed by atoms with E-state index in [1.807, 2.05) is 6.07 Å². The molecule has 0 radical (unpaired) electrons. The van der Waals surface area contributed by atoms with Crippen LogP contribution >= 0.6 is 0 Å². The van der Waals surface area contributed by atoms with Crippen molar-refractivity contribution in [3.05, 3.63) is 35.3 Å². The quantitative estimate of drug-likeness (QED) is 0.401. The molecule has 0 spiro atoms. The number of hydrogen-bond acceptors (Lipinski definition) is 4. The average Bonchev–Trinajstić information content (AvgIpc) is 3.33. The second-order valence-corrected chi connectivity index (χ2v) is 10.1. The van der Waals surface area contributed by atoms with Crippen molar-refractivity contribution < 1.29 is 36.3 Å². The minimum absolute atomic E-state index is 0.0225. The van der Waals surface area contributed by atoms with Crippen molar-refractivity contribution in [1.82, 2.24) is 20.5 Å². The fourth-order valence-corrected chi connectivity index (χ4v) is 5.99. The zero-order valence-electron chi connectivity index (χ0n) is 20.0. The van der Waals surface area contributed by atoms with Gasteiger partial charge in [0.2, 0.25) is 11.8 Å². The number of amides is 3. The molecule has 5 atom stereocenters. The van der Waals surface area contributed by atoms with Gasteiger partial charge >= 0.3 is 0 Å². The second-order valence-electron chi connectivity index (χ2n) is 10.1. The summed E-state index contributed by atoms with van der Waals surface area (Å²) in [6.45, 7) is 0.504. The van der Waals surface area contributed by atoms with Crippen LogP contribution in [0.1, 0.15) is 49.0 Å². The second kappa shape index (κ2) is 9.56. The largest absolute Gasteiger partial charge is 0.356 e. The number of aromatic amines is 1. The van der Waals surface area contributed by atoms with E-state index in [9.17, 15) is 41.6 Å². The predicted octanol–water partition coefficient (Wildman–Crippen LogP) is 3.14. The van der Waals surface area contributed by atoms with Crippen LogP contribution in [0.25, 0.3) is 10.9 Å². The molecular formula is C25H24F5N5O3. The molecule has 6 rings (SSSR count). The van der Waals surface area contributed by atoms with E-state index in [-0.39, 0.29) is 25.2 Å². The lowest BCUT2D eigenvalue weighted by atomic mass is 9.71. The van der Waals surface area contributed by atoms with Crippen molar-refractivity contribution in [3.8, 4) is 6.07 Å². The third-order valence-electron chi connectivity index (χ3n) is 7.82. The van der Waals surface area contributed by atoms with Crippen LogP contribution in [0.4, 0.5) is 22.0 Å². The van der Waals surface area contributed by atoms with Gasteiger partial charge in [0, 0.05) is 36.4 Å². The predicted molar refractivity (Wildman–Crippen MR) is 122 cm³/mol. The molecular weight excluding hydrogens is 513 g/mol. The van der Waals surface area contributed by atoms with E-state index in [0.717, 1.165) is 11.0 Å². The maximum absolute atomic E-state index is 14.9. The van der Waals surface area contributed by atoms with Crippen molar-refractivity contribution in [1.29, 1.82) is 5.26 Å². The molecule has 13 heteroatoms. The summed E-state index contributed by atoms with van der Waals surface area (Å²) in [4.78, 5) is 42.3. The lowest BCUT2D eigenvalue weighted by Gasteiger charge is -2.53. The van der Waals surface area contributed by atoms with Gasteiger partial charge in [-0.2, -0.15) is 5.26 Å².